The monoisotopic (exact) mass is 428 g/mol. The van der Waals surface area contributed by atoms with Crippen LogP contribution in [0.5, 0.6) is 0 Å². The third kappa shape index (κ3) is 4.82. The van der Waals surface area contributed by atoms with E-state index in [4.69, 9.17) is 11.6 Å². The second-order valence-corrected chi connectivity index (χ2v) is 8.26. The lowest BCUT2D eigenvalue weighted by Crippen LogP contribution is -2.16. The average Bonchev–Trinajstić information content (AvgIpc) is 2.68. The predicted octanol–water partition coefficient (Wildman–Crippen LogP) is 4.33. The fourth-order valence-electron chi connectivity index (χ4n) is 2.68. The van der Waals surface area contributed by atoms with Gasteiger partial charge in [-0.25, -0.2) is 8.42 Å². The van der Waals surface area contributed by atoms with Crippen LogP contribution in [0.2, 0.25) is 5.02 Å². The smallest absolute Gasteiger partial charge is 0.261 e. The highest BCUT2D eigenvalue weighted by Gasteiger charge is 2.20. The third-order valence-electron chi connectivity index (χ3n) is 4.02. The molecule has 6 nitrogen and oxygen atoms in total. The third-order valence-corrected chi connectivity index (χ3v) is 5.73. The number of hydrogen-bond donors (Lipinski definition) is 2. The molecule has 0 spiro atoms. The summed E-state index contributed by atoms with van der Waals surface area (Å²) in [6.45, 7) is 1.36. The number of halogens is 1. The molecule has 0 saturated carbocycles. The van der Waals surface area contributed by atoms with Gasteiger partial charge in [-0.15, -0.1) is 0 Å². The van der Waals surface area contributed by atoms with E-state index >= 15 is 0 Å². The SMILES string of the molecule is CC(=O)Nc1ccc(S(=O)(=O)Nc2ccccc2C(=O)c2ccccc2Cl)cc1. The molecule has 0 atom stereocenters. The molecule has 0 aliphatic heterocycles. The van der Waals surface area contributed by atoms with Crippen molar-refractivity contribution in [3.8, 4) is 0 Å². The van der Waals surface area contributed by atoms with E-state index in [0.29, 0.717) is 5.69 Å². The van der Waals surface area contributed by atoms with Gasteiger partial charge in [0.25, 0.3) is 10.0 Å². The molecule has 0 aliphatic carbocycles. The first kappa shape index (κ1) is 20.6. The Morgan fingerprint density at radius 2 is 1.41 bits per heavy atom. The molecule has 0 saturated heterocycles. The molecule has 2 N–H and O–H groups in total. The van der Waals surface area contributed by atoms with E-state index in [9.17, 15) is 18.0 Å². The molecule has 0 unspecified atom stereocenters. The molecule has 3 aromatic rings. The number of hydrogen-bond acceptors (Lipinski definition) is 4. The van der Waals surface area contributed by atoms with Crippen LogP contribution >= 0.6 is 11.6 Å². The van der Waals surface area contributed by atoms with Crippen LogP contribution in [0, 0.1) is 0 Å². The molecule has 1 amide bonds. The number of amides is 1. The van der Waals surface area contributed by atoms with Crippen LogP contribution in [-0.4, -0.2) is 20.1 Å². The number of nitrogens with one attached hydrogen (secondary N) is 2. The van der Waals surface area contributed by atoms with Crippen LogP contribution in [0.25, 0.3) is 0 Å². The summed E-state index contributed by atoms with van der Waals surface area (Å²) in [5, 5.41) is 2.85. The predicted molar refractivity (Wildman–Crippen MR) is 113 cm³/mol. The van der Waals surface area contributed by atoms with E-state index < -0.39 is 15.8 Å². The van der Waals surface area contributed by atoms with E-state index in [2.05, 4.69) is 10.0 Å². The lowest BCUT2D eigenvalue weighted by Gasteiger charge is -2.13. The number of carbonyl (C=O) groups is 2. The summed E-state index contributed by atoms with van der Waals surface area (Å²) in [7, 11) is -3.95. The van der Waals surface area contributed by atoms with Gasteiger partial charge in [0.2, 0.25) is 5.91 Å². The molecular formula is C21H17ClN2O4S. The molecular weight excluding hydrogens is 412 g/mol. The molecule has 0 bridgehead atoms. The Morgan fingerprint density at radius 1 is 0.828 bits per heavy atom. The largest absolute Gasteiger partial charge is 0.326 e. The minimum absolute atomic E-state index is 0.00778. The highest BCUT2D eigenvalue weighted by atomic mass is 35.5. The summed E-state index contributed by atoms with van der Waals surface area (Å²) >= 11 is 6.11. The van der Waals surface area contributed by atoms with Crippen LogP contribution in [0.15, 0.2) is 77.7 Å². The van der Waals surface area contributed by atoms with Crippen LogP contribution < -0.4 is 10.0 Å². The van der Waals surface area contributed by atoms with Crippen molar-refractivity contribution in [1.29, 1.82) is 0 Å². The number of carbonyl (C=O) groups excluding carboxylic acids is 2. The Hall–Kier alpha value is -3.16. The number of para-hydroxylation sites is 1. The first-order chi connectivity index (χ1) is 13.8. The Bertz CT molecular complexity index is 1180. The van der Waals surface area contributed by atoms with Crippen LogP contribution in [0.4, 0.5) is 11.4 Å². The van der Waals surface area contributed by atoms with Gasteiger partial charge in [-0.3, -0.25) is 14.3 Å². The van der Waals surface area contributed by atoms with Crippen molar-refractivity contribution in [3.63, 3.8) is 0 Å². The van der Waals surface area contributed by atoms with Gasteiger partial charge >= 0.3 is 0 Å². The molecule has 29 heavy (non-hydrogen) atoms. The quantitative estimate of drug-likeness (QED) is 0.571. The van der Waals surface area contributed by atoms with E-state index in [1.54, 1.807) is 36.4 Å². The number of ketones is 1. The zero-order valence-electron chi connectivity index (χ0n) is 15.3. The van der Waals surface area contributed by atoms with Gasteiger partial charge < -0.3 is 5.32 Å². The summed E-state index contributed by atoms with van der Waals surface area (Å²) < 4.78 is 28.0. The van der Waals surface area contributed by atoms with Gasteiger partial charge in [-0.05, 0) is 48.5 Å². The average molecular weight is 429 g/mol. The highest BCUT2D eigenvalue weighted by molar-refractivity contribution is 7.92. The van der Waals surface area contributed by atoms with E-state index in [1.165, 1.54) is 43.3 Å². The Balaban J connectivity index is 1.91. The van der Waals surface area contributed by atoms with E-state index in [1.807, 2.05) is 0 Å². The minimum Gasteiger partial charge on any atom is -0.326 e. The van der Waals surface area contributed by atoms with Crippen molar-refractivity contribution in [3.05, 3.63) is 88.9 Å². The molecule has 0 aromatic heterocycles. The van der Waals surface area contributed by atoms with Crippen molar-refractivity contribution < 1.29 is 18.0 Å². The second-order valence-electron chi connectivity index (χ2n) is 6.17. The van der Waals surface area contributed by atoms with Crippen LogP contribution in [0.3, 0.4) is 0 Å². The van der Waals surface area contributed by atoms with Gasteiger partial charge in [0.1, 0.15) is 0 Å². The van der Waals surface area contributed by atoms with Crippen molar-refractivity contribution >= 4 is 44.7 Å². The van der Waals surface area contributed by atoms with Crippen LogP contribution in [-0.2, 0) is 14.8 Å². The zero-order valence-corrected chi connectivity index (χ0v) is 16.9. The minimum atomic E-state index is -3.95. The lowest BCUT2D eigenvalue weighted by atomic mass is 10.0. The fraction of sp³-hybridized carbons (Fsp3) is 0.0476. The molecule has 148 valence electrons. The number of rotatable bonds is 6. The number of benzene rings is 3. The highest BCUT2D eigenvalue weighted by Crippen LogP contribution is 2.26. The maximum absolute atomic E-state index is 12.9. The van der Waals surface area contributed by atoms with Crippen molar-refractivity contribution in [1.82, 2.24) is 0 Å². The Morgan fingerprint density at radius 3 is 2.03 bits per heavy atom. The zero-order chi connectivity index (χ0) is 21.0. The second kappa shape index (κ2) is 8.46. The molecule has 3 rings (SSSR count). The van der Waals surface area contributed by atoms with Gasteiger partial charge in [0, 0.05) is 23.7 Å². The molecule has 0 fully saturated rings. The van der Waals surface area contributed by atoms with Crippen LogP contribution in [0.1, 0.15) is 22.8 Å². The number of sulfonamides is 1. The normalized spacial score (nSPS) is 11.0. The summed E-state index contributed by atoms with van der Waals surface area (Å²) in [4.78, 5) is 24.0. The van der Waals surface area contributed by atoms with Crippen molar-refractivity contribution in [2.45, 2.75) is 11.8 Å². The summed E-state index contributed by atoms with van der Waals surface area (Å²) in [5.41, 5.74) is 1.08. The summed E-state index contributed by atoms with van der Waals surface area (Å²) in [6, 6.07) is 18.6. The molecule has 3 aromatic carbocycles. The van der Waals surface area contributed by atoms with E-state index in [-0.39, 0.29) is 32.6 Å². The van der Waals surface area contributed by atoms with Gasteiger partial charge in [-0.2, -0.15) is 0 Å². The Labute approximate surface area is 173 Å². The maximum Gasteiger partial charge on any atom is 0.261 e. The molecule has 0 radical (unpaired) electrons. The summed E-state index contributed by atoms with van der Waals surface area (Å²) in [5.74, 6) is -0.652. The summed E-state index contributed by atoms with van der Waals surface area (Å²) in [6.07, 6.45) is 0. The first-order valence-corrected chi connectivity index (χ1v) is 10.4. The Kier molecular flexibility index (Phi) is 6.00. The van der Waals surface area contributed by atoms with E-state index in [0.717, 1.165) is 0 Å². The lowest BCUT2D eigenvalue weighted by molar-refractivity contribution is -0.114. The molecule has 8 heteroatoms. The molecule has 0 aliphatic rings. The topological polar surface area (TPSA) is 92.3 Å². The van der Waals surface area contributed by atoms with Gasteiger partial charge in [0.05, 0.1) is 15.6 Å². The standard InChI is InChI=1S/C21H17ClN2O4S/c1-14(25)23-15-10-12-16(13-11-15)29(27,28)24-20-9-5-3-7-18(20)21(26)17-6-2-4-8-19(17)22/h2-13,24H,1H3,(H,23,25). The maximum atomic E-state index is 12.9. The molecule has 0 heterocycles. The fourth-order valence-corrected chi connectivity index (χ4v) is 3.99. The van der Waals surface area contributed by atoms with Crippen molar-refractivity contribution in [2.75, 3.05) is 10.0 Å². The van der Waals surface area contributed by atoms with Gasteiger partial charge in [0.15, 0.2) is 5.78 Å². The van der Waals surface area contributed by atoms with Gasteiger partial charge in [-0.1, -0.05) is 35.9 Å². The van der Waals surface area contributed by atoms with Crippen molar-refractivity contribution in [2.24, 2.45) is 0 Å². The number of anilines is 2. The first-order valence-electron chi connectivity index (χ1n) is 8.56.